The zero-order valence-electron chi connectivity index (χ0n) is 14.8. The van der Waals surface area contributed by atoms with E-state index in [0.717, 1.165) is 0 Å². The number of rotatable bonds is 6. The first-order valence-electron chi connectivity index (χ1n) is 8.40. The van der Waals surface area contributed by atoms with Crippen LogP contribution in [0, 0.1) is 6.07 Å². The summed E-state index contributed by atoms with van der Waals surface area (Å²) in [6.45, 7) is 0. The second-order valence-corrected chi connectivity index (χ2v) is 7.92. The summed E-state index contributed by atoms with van der Waals surface area (Å²) >= 11 is 0. The van der Waals surface area contributed by atoms with Crippen LogP contribution >= 0.6 is 0 Å². The van der Waals surface area contributed by atoms with Crippen LogP contribution in [0.15, 0.2) is 83.8 Å². The van der Waals surface area contributed by atoms with Gasteiger partial charge in [-0.25, -0.2) is 8.42 Å². The maximum atomic E-state index is 12.2. The molecule has 0 bridgehead atoms. The van der Waals surface area contributed by atoms with Gasteiger partial charge in [0.2, 0.25) is 5.91 Å². The highest BCUT2D eigenvalue weighted by atomic mass is 32.2. The Balaban J connectivity index is 1.59. The Labute approximate surface area is 163 Å². The molecule has 0 spiro atoms. The summed E-state index contributed by atoms with van der Waals surface area (Å²) < 4.78 is 24.5. The number of anilines is 2. The van der Waals surface area contributed by atoms with Crippen LogP contribution in [0.3, 0.4) is 0 Å². The molecule has 1 radical (unpaired) electrons. The standard InChI is InChI=1S/C21H17N2O4S/c24-20(15-28(26,27)19-9-5-2-6-10-19)22-17-11-13-18(14-12-17)23-21(25)16-7-3-1-4-8-16/h1-13H,15H2,(H,22,24)(H,23,25). The molecule has 3 aromatic carbocycles. The zero-order valence-corrected chi connectivity index (χ0v) is 15.6. The summed E-state index contributed by atoms with van der Waals surface area (Å²) in [4.78, 5) is 24.3. The van der Waals surface area contributed by atoms with Crippen molar-refractivity contribution in [2.75, 3.05) is 16.4 Å². The Morgan fingerprint density at radius 1 is 0.821 bits per heavy atom. The predicted molar refractivity (Wildman–Crippen MR) is 107 cm³/mol. The van der Waals surface area contributed by atoms with Gasteiger partial charge < -0.3 is 10.6 Å². The van der Waals surface area contributed by atoms with E-state index >= 15 is 0 Å². The first kappa shape index (κ1) is 19.3. The van der Waals surface area contributed by atoms with Crippen molar-refractivity contribution in [3.8, 4) is 0 Å². The van der Waals surface area contributed by atoms with Gasteiger partial charge in [0, 0.05) is 23.0 Å². The SMILES string of the molecule is O=C(CS(=O)(=O)c1ccccc1)Nc1c[c]c(NC(=O)c2ccccc2)cc1. The minimum absolute atomic E-state index is 0.0932. The van der Waals surface area contributed by atoms with Gasteiger partial charge in [0.15, 0.2) is 9.84 Å². The summed E-state index contributed by atoms with van der Waals surface area (Å²) in [5, 5.41) is 5.21. The lowest BCUT2D eigenvalue weighted by molar-refractivity contribution is -0.113. The van der Waals surface area contributed by atoms with E-state index in [0.29, 0.717) is 16.9 Å². The zero-order chi connectivity index (χ0) is 20.0. The molecular weight excluding hydrogens is 376 g/mol. The van der Waals surface area contributed by atoms with Crippen molar-refractivity contribution < 1.29 is 18.0 Å². The van der Waals surface area contributed by atoms with Gasteiger partial charge in [-0.15, -0.1) is 0 Å². The average Bonchev–Trinajstić information content (AvgIpc) is 2.70. The summed E-state index contributed by atoms with van der Waals surface area (Å²) in [6.07, 6.45) is 0. The largest absolute Gasteiger partial charge is 0.325 e. The Morgan fingerprint density at radius 2 is 1.46 bits per heavy atom. The van der Waals surface area contributed by atoms with E-state index in [2.05, 4.69) is 16.7 Å². The molecule has 28 heavy (non-hydrogen) atoms. The summed E-state index contributed by atoms with van der Waals surface area (Å²) in [5.74, 6) is -1.59. The normalized spacial score (nSPS) is 10.9. The molecule has 0 aliphatic carbocycles. The molecule has 2 amide bonds. The van der Waals surface area contributed by atoms with Gasteiger partial charge in [-0.3, -0.25) is 9.59 Å². The monoisotopic (exact) mass is 393 g/mol. The second-order valence-electron chi connectivity index (χ2n) is 5.93. The molecule has 0 saturated heterocycles. The number of hydrogen-bond donors (Lipinski definition) is 2. The Hall–Kier alpha value is -3.45. The molecule has 0 heterocycles. The minimum Gasteiger partial charge on any atom is -0.325 e. The molecule has 0 aliphatic heterocycles. The van der Waals surface area contributed by atoms with Crippen LogP contribution in [0.2, 0.25) is 0 Å². The van der Waals surface area contributed by atoms with Gasteiger partial charge in [-0.2, -0.15) is 0 Å². The smallest absolute Gasteiger partial charge is 0.255 e. The fraction of sp³-hybridized carbons (Fsp3) is 0.0476. The van der Waals surface area contributed by atoms with E-state index in [1.165, 1.54) is 18.2 Å². The highest BCUT2D eigenvalue weighted by molar-refractivity contribution is 7.92. The maximum Gasteiger partial charge on any atom is 0.255 e. The van der Waals surface area contributed by atoms with Gasteiger partial charge in [0.1, 0.15) is 5.75 Å². The van der Waals surface area contributed by atoms with Gasteiger partial charge in [0.05, 0.1) is 4.90 Å². The second kappa shape index (κ2) is 8.49. The summed E-state index contributed by atoms with van der Waals surface area (Å²) in [6, 6.07) is 24.0. The van der Waals surface area contributed by atoms with Crippen LogP contribution in [0.4, 0.5) is 11.4 Å². The summed E-state index contributed by atoms with van der Waals surface area (Å²) in [5.41, 5.74) is 1.33. The van der Waals surface area contributed by atoms with Crippen molar-refractivity contribution in [2.45, 2.75) is 4.90 Å². The van der Waals surface area contributed by atoms with E-state index < -0.39 is 21.5 Å². The molecule has 0 aliphatic rings. The van der Waals surface area contributed by atoms with E-state index in [9.17, 15) is 18.0 Å². The average molecular weight is 393 g/mol. The highest BCUT2D eigenvalue weighted by Crippen LogP contribution is 2.15. The number of hydrogen-bond acceptors (Lipinski definition) is 4. The first-order valence-corrected chi connectivity index (χ1v) is 10.0. The van der Waals surface area contributed by atoms with Gasteiger partial charge in [-0.05, 0) is 42.5 Å². The van der Waals surface area contributed by atoms with Gasteiger partial charge in [0.25, 0.3) is 5.91 Å². The highest BCUT2D eigenvalue weighted by Gasteiger charge is 2.19. The van der Waals surface area contributed by atoms with Gasteiger partial charge in [-0.1, -0.05) is 36.4 Å². The van der Waals surface area contributed by atoms with Crippen LogP contribution in [-0.4, -0.2) is 26.0 Å². The van der Waals surface area contributed by atoms with Crippen LogP contribution in [0.5, 0.6) is 0 Å². The third kappa shape index (κ3) is 5.05. The summed E-state index contributed by atoms with van der Waals surface area (Å²) in [7, 11) is -3.71. The molecule has 2 N–H and O–H groups in total. The number of carbonyl (C=O) groups excluding carboxylic acids is 2. The third-order valence-electron chi connectivity index (χ3n) is 3.80. The molecule has 3 aromatic rings. The molecule has 0 aromatic heterocycles. The molecule has 141 valence electrons. The van der Waals surface area contributed by atoms with Crippen LogP contribution in [0.25, 0.3) is 0 Å². The molecule has 7 heteroatoms. The number of sulfone groups is 1. The molecule has 6 nitrogen and oxygen atoms in total. The quantitative estimate of drug-likeness (QED) is 0.673. The van der Waals surface area contributed by atoms with E-state index in [1.54, 1.807) is 54.6 Å². The van der Waals surface area contributed by atoms with Crippen LogP contribution in [0.1, 0.15) is 10.4 Å². The van der Waals surface area contributed by atoms with Crippen molar-refractivity contribution in [3.05, 3.63) is 90.5 Å². The predicted octanol–water partition coefficient (Wildman–Crippen LogP) is 3.15. The third-order valence-corrected chi connectivity index (χ3v) is 5.44. The lowest BCUT2D eigenvalue weighted by Crippen LogP contribution is -2.23. The fourth-order valence-electron chi connectivity index (χ4n) is 2.45. The number of benzene rings is 3. The molecular formula is C21H17N2O4S. The van der Waals surface area contributed by atoms with E-state index in [1.807, 2.05) is 6.07 Å². The van der Waals surface area contributed by atoms with E-state index in [4.69, 9.17) is 0 Å². The Kier molecular flexibility index (Phi) is 5.86. The Morgan fingerprint density at radius 3 is 2.07 bits per heavy atom. The molecule has 0 unspecified atom stereocenters. The van der Waals surface area contributed by atoms with Gasteiger partial charge >= 0.3 is 0 Å². The number of nitrogens with one attached hydrogen (secondary N) is 2. The fourth-order valence-corrected chi connectivity index (χ4v) is 3.60. The van der Waals surface area contributed by atoms with Crippen LogP contribution < -0.4 is 10.6 Å². The Bertz CT molecular complexity index is 1060. The molecule has 0 fully saturated rings. The van der Waals surface area contributed by atoms with Crippen LogP contribution in [-0.2, 0) is 14.6 Å². The molecule has 0 atom stereocenters. The van der Waals surface area contributed by atoms with Crippen molar-refractivity contribution in [1.29, 1.82) is 0 Å². The molecule has 0 saturated carbocycles. The topological polar surface area (TPSA) is 92.3 Å². The minimum atomic E-state index is -3.71. The lowest BCUT2D eigenvalue weighted by Gasteiger charge is -2.08. The van der Waals surface area contributed by atoms with Crippen molar-refractivity contribution in [3.63, 3.8) is 0 Å². The maximum absolute atomic E-state index is 12.2. The lowest BCUT2D eigenvalue weighted by atomic mass is 10.2. The van der Waals surface area contributed by atoms with Crippen molar-refractivity contribution in [1.82, 2.24) is 0 Å². The first-order chi connectivity index (χ1) is 13.4. The van der Waals surface area contributed by atoms with Crippen molar-refractivity contribution in [2.24, 2.45) is 0 Å². The van der Waals surface area contributed by atoms with Crippen molar-refractivity contribution >= 4 is 33.0 Å². The number of amides is 2. The number of carbonyl (C=O) groups is 2. The van der Waals surface area contributed by atoms with E-state index in [-0.39, 0.29) is 10.8 Å². The molecule has 3 rings (SSSR count).